The number of alkyl halides is 3. The lowest BCUT2D eigenvalue weighted by molar-refractivity contribution is -0.167. The summed E-state index contributed by atoms with van der Waals surface area (Å²) in [5.41, 5.74) is -5.24. The molecule has 0 saturated carbocycles. The Labute approximate surface area is 141 Å². The fourth-order valence-electron chi connectivity index (χ4n) is 1.63. The van der Waals surface area contributed by atoms with Crippen LogP contribution in [0.25, 0.3) is 0 Å². The Hall–Kier alpha value is -2.67. The molecule has 0 unspecified atom stereocenters. The van der Waals surface area contributed by atoms with E-state index in [0.717, 1.165) is 19.5 Å². The van der Waals surface area contributed by atoms with Crippen molar-refractivity contribution in [2.24, 2.45) is 0 Å². The largest absolute Gasteiger partial charge is 0.463 e. The van der Waals surface area contributed by atoms with E-state index in [-0.39, 0.29) is 6.61 Å². The highest BCUT2D eigenvalue weighted by Gasteiger charge is 2.41. The first-order chi connectivity index (χ1) is 11.5. The Bertz CT molecular complexity index is 696. The molecule has 0 fully saturated rings. The van der Waals surface area contributed by atoms with Crippen LogP contribution in [0.5, 0.6) is 0 Å². The lowest BCUT2D eigenvalue weighted by Crippen LogP contribution is -2.48. The molecule has 0 aliphatic heterocycles. The van der Waals surface area contributed by atoms with Gasteiger partial charge in [0.1, 0.15) is 6.07 Å². The second-order valence-corrected chi connectivity index (χ2v) is 5.25. The molecule has 1 heterocycles. The zero-order valence-corrected chi connectivity index (χ0v) is 13.5. The summed E-state index contributed by atoms with van der Waals surface area (Å²) in [5.74, 6) is -2.51. The van der Waals surface area contributed by atoms with Crippen LogP contribution in [0.1, 0.15) is 37.9 Å². The fourth-order valence-corrected chi connectivity index (χ4v) is 1.63. The summed E-state index contributed by atoms with van der Waals surface area (Å²) >= 11 is 0. The van der Waals surface area contributed by atoms with Crippen molar-refractivity contribution in [2.45, 2.75) is 38.5 Å². The standard InChI is InChI=1S/C15H16F3N3O4/c1-3-4-5-25-13(23)14(2,24)12(22)21-9-6-10(15(16,17)18)11(7-19)20-8-9/h6,8,24H,3-5H2,1-2H3,(H,21,22)/t14-/m0/s1. The van der Waals surface area contributed by atoms with Gasteiger partial charge < -0.3 is 15.2 Å². The van der Waals surface area contributed by atoms with E-state index in [0.29, 0.717) is 12.5 Å². The number of carbonyl (C=O) groups is 2. The number of nitrogens with one attached hydrogen (secondary N) is 1. The van der Waals surface area contributed by atoms with Gasteiger partial charge in [0.25, 0.3) is 5.91 Å². The predicted octanol–water partition coefficient (Wildman–Crippen LogP) is 2.00. The van der Waals surface area contributed by atoms with E-state index in [4.69, 9.17) is 10.00 Å². The number of ether oxygens (including phenoxy) is 1. The second kappa shape index (κ2) is 7.94. The molecule has 1 amide bonds. The van der Waals surface area contributed by atoms with E-state index in [1.54, 1.807) is 0 Å². The average Bonchev–Trinajstić information content (AvgIpc) is 2.53. The van der Waals surface area contributed by atoms with Crippen LogP contribution in [0.4, 0.5) is 18.9 Å². The van der Waals surface area contributed by atoms with Crippen LogP contribution in [-0.2, 0) is 20.5 Å². The molecule has 136 valence electrons. The molecule has 0 radical (unpaired) electrons. The van der Waals surface area contributed by atoms with Crippen molar-refractivity contribution in [3.8, 4) is 6.07 Å². The summed E-state index contributed by atoms with van der Waals surface area (Å²) in [6.07, 6.45) is -2.80. The number of carbonyl (C=O) groups excluding carboxylic acids is 2. The van der Waals surface area contributed by atoms with E-state index in [1.165, 1.54) is 6.07 Å². The first-order valence-electron chi connectivity index (χ1n) is 7.22. The van der Waals surface area contributed by atoms with E-state index in [2.05, 4.69) is 4.98 Å². The molecule has 1 aromatic heterocycles. The molecule has 10 heteroatoms. The van der Waals surface area contributed by atoms with Crippen molar-refractivity contribution in [3.05, 3.63) is 23.5 Å². The Morgan fingerprint density at radius 2 is 2.08 bits per heavy atom. The Morgan fingerprint density at radius 3 is 2.60 bits per heavy atom. The highest BCUT2D eigenvalue weighted by molar-refractivity contribution is 6.11. The van der Waals surface area contributed by atoms with Crippen LogP contribution in [0, 0.1) is 11.3 Å². The lowest BCUT2D eigenvalue weighted by Gasteiger charge is -2.20. The number of nitriles is 1. The van der Waals surface area contributed by atoms with Gasteiger partial charge in [-0.05, 0) is 19.4 Å². The Balaban J connectivity index is 2.96. The molecule has 0 aliphatic rings. The maximum atomic E-state index is 12.9. The van der Waals surface area contributed by atoms with Crippen LogP contribution < -0.4 is 5.32 Å². The minimum absolute atomic E-state index is 0.00456. The molecule has 1 rings (SSSR count). The van der Waals surface area contributed by atoms with Gasteiger partial charge in [0, 0.05) is 0 Å². The number of anilines is 1. The molecule has 0 aliphatic carbocycles. The number of hydrogen-bond acceptors (Lipinski definition) is 6. The number of aliphatic hydroxyl groups is 1. The number of nitrogens with zero attached hydrogens (tertiary/aromatic N) is 2. The molecule has 0 saturated heterocycles. The fraction of sp³-hybridized carbons (Fsp3) is 0.467. The average molecular weight is 359 g/mol. The molecule has 1 atom stereocenters. The van der Waals surface area contributed by atoms with E-state index in [9.17, 15) is 27.9 Å². The number of hydrogen-bond donors (Lipinski definition) is 2. The highest BCUT2D eigenvalue weighted by Crippen LogP contribution is 2.32. The molecule has 0 spiro atoms. The molecule has 7 nitrogen and oxygen atoms in total. The zero-order chi connectivity index (χ0) is 19.3. The SMILES string of the molecule is CCCCOC(=O)[C@@](C)(O)C(=O)Nc1cnc(C#N)c(C(F)(F)F)c1. The molecular weight excluding hydrogens is 343 g/mol. The van der Waals surface area contributed by atoms with Crippen LogP contribution in [0.2, 0.25) is 0 Å². The summed E-state index contributed by atoms with van der Waals surface area (Å²) < 4.78 is 43.3. The summed E-state index contributed by atoms with van der Waals surface area (Å²) in [5, 5.41) is 20.6. The zero-order valence-electron chi connectivity index (χ0n) is 13.5. The topological polar surface area (TPSA) is 112 Å². The molecule has 0 bridgehead atoms. The number of unbranched alkanes of at least 4 members (excludes halogenated alkanes) is 1. The number of rotatable bonds is 6. The minimum Gasteiger partial charge on any atom is -0.463 e. The Kier molecular flexibility index (Phi) is 6.47. The molecule has 0 aromatic carbocycles. The van der Waals surface area contributed by atoms with Crippen LogP contribution >= 0.6 is 0 Å². The Morgan fingerprint density at radius 1 is 1.44 bits per heavy atom. The number of halogens is 3. The van der Waals surface area contributed by atoms with E-state index < -0.39 is 40.6 Å². The van der Waals surface area contributed by atoms with Crippen molar-refractivity contribution in [1.29, 1.82) is 5.26 Å². The third-order valence-electron chi connectivity index (χ3n) is 3.13. The maximum absolute atomic E-state index is 12.9. The quantitative estimate of drug-likeness (QED) is 0.456. The van der Waals surface area contributed by atoms with Gasteiger partial charge in [0.05, 0.1) is 24.1 Å². The van der Waals surface area contributed by atoms with Crippen molar-refractivity contribution in [2.75, 3.05) is 11.9 Å². The molecule has 2 N–H and O–H groups in total. The van der Waals surface area contributed by atoms with Gasteiger partial charge >= 0.3 is 12.1 Å². The van der Waals surface area contributed by atoms with Crippen LogP contribution in [0.3, 0.4) is 0 Å². The number of amides is 1. The van der Waals surface area contributed by atoms with Crippen LogP contribution in [0.15, 0.2) is 12.3 Å². The monoisotopic (exact) mass is 359 g/mol. The number of esters is 1. The second-order valence-electron chi connectivity index (χ2n) is 5.25. The summed E-state index contributed by atoms with van der Waals surface area (Å²) in [6, 6.07) is 1.78. The van der Waals surface area contributed by atoms with E-state index in [1.807, 2.05) is 12.2 Å². The van der Waals surface area contributed by atoms with Crippen molar-refractivity contribution in [3.63, 3.8) is 0 Å². The smallest absolute Gasteiger partial charge is 0.419 e. The number of pyridine rings is 1. The van der Waals surface area contributed by atoms with Gasteiger partial charge in [-0.2, -0.15) is 18.4 Å². The molecule has 1 aromatic rings. The van der Waals surface area contributed by atoms with Crippen molar-refractivity contribution >= 4 is 17.6 Å². The first kappa shape index (κ1) is 20.4. The number of aromatic nitrogens is 1. The third-order valence-corrected chi connectivity index (χ3v) is 3.13. The van der Waals surface area contributed by atoms with Gasteiger partial charge in [-0.3, -0.25) is 4.79 Å². The van der Waals surface area contributed by atoms with Gasteiger partial charge in [0.15, 0.2) is 5.69 Å². The van der Waals surface area contributed by atoms with Crippen LogP contribution in [-0.4, -0.2) is 34.2 Å². The van der Waals surface area contributed by atoms with Gasteiger partial charge in [-0.15, -0.1) is 0 Å². The first-order valence-corrected chi connectivity index (χ1v) is 7.22. The normalized spacial score (nSPS) is 13.5. The van der Waals surface area contributed by atoms with E-state index >= 15 is 0 Å². The lowest BCUT2D eigenvalue weighted by atomic mass is 10.1. The third kappa shape index (κ3) is 5.15. The highest BCUT2D eigenvalue weighted by atomic mass is 19.4. The van der Waals surface area contributed by atoms with Crippen molar-refractivity contribution < 1.29 is 32.6 Å². The summed E-state index contributed by atoms with van der Waals surface area (Å²) in [6.45, 7) is 2.70. The van der Waals surface area contributed by atoms with Crippen molar-refractivity contribution in [1.82, 2.24) is 4.98 Å². The van der Waals surface area contributed by atoms with Gasteiger partial charge in [0.2, 0.25) is 5.60 Å². The molecule has 25 heavy (non-hydrogen) atoms. The maximum Gasteiger partial charge on any atom is 0.419 e. The van der Waals surface area contributed by atoms with Gasteiger partial charge in [-0.1, -0.05) is 13.3 Å². The van der Waals surface area contributed by atoms with Gasteiger partial charge in [-0.25, -0.2) is 9.78 Å². The summed E-state index contributed by atoms with van der Waals surface area (Å²) in [4.78, 5) is 27.0. The minimum atomic E-state index is -4.86. The summed E-state index contributed by atoms with van der Waals surface area (Å²) in [7, 11) is 0. The predicted molar refractivity (Wildman–Crippen MR) is 79.1 cm³/mol. The molecular formula is C15H16F3N3O4.